The van der Waals surface area contributed by atoms with Crippen LogP contribution in [0.3, 0.4) is 0 Å². The molecular formula is C24H32N2O5S. The molecule has 2 atom stereocenters. The zero-order valence-electron chi connectivity index (χ0n) is 18.7. The summed E-state index contributed by atoms with van der Waals surface area (Å²) in [5.74, 6) is 1.62. The van der Waals surface area contributed by atoms with Gasteiger partial charge in [-0.05, 0) is 60.5 Å². The summed E-state index contributed by atoms with van der Waals surface area (Å²) in [5, 5.41) is 12.3. The standard InChI is InChI=1S/C24H32N2O5S/c1-29-15-18(27)13-25(17-3-4-17)14-24(28)26-11-9-23-21(10-12-32-23)22(26)16-31-20-7-5-19(30-2)6-8-20/h5-8,10,12,17-18,22,27H,3-4,9,11,13-16H2,1-2H3/t18-,22-/m0/s1. The lowest BCUT2D eigenvalue weighted by molar-refractivity contribution is -0.136. The summed E-state index contributed by atoms with van der Waals surface area (Å²) < 4.78 is 16.4. The number of thiophene rings is 1. The Kier molecular flexibility index (Phi) is 7.67. The third-order valence-electron chi connectivity index (χ3n) is 6.09. The van der Waals surface area contributed by atoms with Crippen LogP contribution in [-0.4, -0.2) is 80.0 Å². The van der Waals surface area contributed by atoms with Crippen molar-refractivity contribution in [2.45, 2.75) is 37.5 Å². The van der Waals surface area contributed by atoms with Gasteiger partial charge < -0.3 is 24.2 Å². The molecule has 1 N–H and O–H groups in total. The zero-order chi connectivity index (χ0) is 22.5. The van der Waals surface area contributed by atoms with Crippen LogP contribution in [0.25, 0.3) is 0 Å². The van der Waals surface area contributed by atoms with E-state index in [1.54, 1.807) is 25.6 Å². The van der Waals surface area contributed by atoms with Crippen LogP contribution in [0.15, 0.2) is 35.7 Å². The highest BCUT2D eigenvalue weighted by molar-refractivity contribution is 7.10. The minimum atomic E-state index is -0.590. The molecule has 8 heteroatoms. The molecule has 1 aliphatic heterocycles. The molecule has 0 saturated heterocycles. The summed E-state index contributed by atoms with van der Waals surface area (Å²) in [4.78, 5) is 18.8. The fraction of sp³-hybridized carbons (Fsp3) is 0.542. The van der Waals surface area contributed by atoms with Gasteiger partial charge in [0.25, 0.3) is 0 Å². The van der Waals surface area contributed by atoms with Crippen molar-refractivity contribution in [2.75, 3.05) is 47.1 Å². The van der Waals surface area contributed by atoms with E-state index in [1.165, 1.54) is 10.4 Å². The maximum Gasteiger partial charge on any atom is 0.237 e. The van der Waals surface area contributed by atoms with Gasteiger partial charge in [0.15, 0.2) is 0 Å². The van der Waals surface area contributed by atoms with E-state index in [4.69, 9.17) is 14.2 Å². The molecule has 0 bridgehead atoms. The second-order valence-corrected chi connectivity index (χ2v) is 9.41. The van der Waals surface area contributed by atoms with Crippen molar-refractivity contribution in [1.29, 1.82) is 0 Å². The van der Waals surface area contributed by atoms with Gasteiger partial charge in [0, 0.05) is 31.1 Å². The topological polar surface area (TPSA) is 71.5 Å². The average Bonchev–Trinajstić information content (AvgIpc) is 3.54. The van der Waals surface area contributed by atoms with E-state index < -0.39 is 6.10 Å². The van der Waals surface area contributed by atoms with Gasteiger partial charge in [0.2, 0.25) is 5.91 Å². The van der Waals surface area contributed by atoms with Crippen LogP contribution < -0.4 is 9.47 Å². The largest absolute Gasteiger partial charge is 0.497 e. The molecule has 174 valence electrons. The number of hydrogen-bond donors (Lipinski definition) is 1. The number of aliphatic hydroxyl groups excluding tert-OH is 1. The van der Waals surface area contributed by atoms with Gasteiger partial charge in [-0.3, -0.25) is 9.69 Å². The highest BCUT2D eigenvalue weighted by Crippen LogP contribution is 2.35. The number of amides is 1. The second-order valence-electron chi connectivity index (χ2n) is 8.41. The third-order valence-corrected chi connectivity index (χ3v) is 7.08. The molecule has 0 spiro atoms. The van der Waals surface area contributed by atoms with Gasteiger partial charge in [-0.1, -0.05) is 0 Å². The molecule has 1 aromatic heterocycles. The van der Waals surface area contributed by atoms with Crippen LogP contribution in [-0.2, 0) is 16.0 Å². The fourth-order valence-electron chi connectivity index (χ4n) is 4.28. The Morgan fingerprint density at radius 2 is 1.97 bits per heavy atom. The minimum absolute atomic E-state index is 0.0849. The highest BCUT2D eigenvalue weighted by Gasteiger charge is 2.36. The van der Waals surface area contributed by atoms with Crippen molar-refractivity contribution >= 4 is 17.2 Å². The predicted molar refractivity (Wildman–Crippen MR) is 123 cm³/mol. The number of ether oxygens (including phenoxy) is 3. The molecule has 1 aliphatic carbocycles. The number of carbonyl (C=O) groups excluding carboxylic acids is 1. The van der Waals surface area contributed by atoms with E-state index in [0.29, 0.717) is 32.3 Å². The molecule has 2 aliphatic rings. The van der Waals surface area contributed by atoms with Gasteiger partial charge in [-0.25, -0.2) is 0 Å². The van der Waals surface area contributed by atoms with Gasteiger partial charge in [-0.2, -0.15) is 0 Å². The van der Waals surface area contributed by atoms with Crippen molar-refractivity contribution < 1.29 is 24.1 Å². The molecule has 2 heterocycles. The first kappa shape index (κ1) is 23.0. The summed E-state index contributed by atoms with van der Waals surface area (Å²) >= 11 is 1.74. The normalized spacial score (nSPS) is 19.0. The van der Waals surface area contributed by atoms with E-state index in [-0.39, 0.29) is 18.6 Å². The Morgan fingerprint density at radius 3 is 2.66 bits per heavy atom. The molecule has 4 rings (SSSR count). The number of rotatable bonds is 11. The molecule has 1 aromatic carbocycles. The van der Waals surface area contributed by atoms with Crippen molar-refractivity contribution in [1.82, 2.24) is 9.80 Å². The van der Waals surface area contributed by atoms with Gasteiger partial charge >= 0.3 is 0 Å². The summed E-state index contributed by atoms with van der Waals surface area (Å²) in [5.41, 5.74) is 1.18. The molecule has 1 amide bonds. The Balaban J connectivity index is 1.44. The Labute approximate surface area is 193 Å². The summed E-state index contributed by atoms with van der Waals surface area (Å²) in [6.45, 7) is 2.12. The van der Waals surface area contributed by atoms with Crippen LogP contribution in [0.2, 0.25) is 0 Å². The van der Waals surface area contributed by atoms with Crippen molar-refractivity contribution in [3.05, 3.63) is 46.2 Å². The molecule has 2 aromatic rings. The predicted octanol–water partition coefficient (Wildman–Crippen LogP) is 2.73. The minimum Gasteiger partial charge on any atom is -0.497 e. The number of nitrogens with zero attached hydrogens (tertiary/aromatic N) is 2. The van der Waals surface area contributed by atoms with E-state index in [9.17, 15) is 9.90 Å². The van der Waals surface area contributed by atoms with Gasteiger partial charge in [0.05, 0.1) is 32.4 Å². The lowest BCUT2D eigenvalue weighted by atomic mass is 10.0. The molecule has 0 unspecified atom stereocenters. The SMILES string of the molecule is COC[C@@H](O)CN(CC(=O)N1CCc2sccc2[C@@H]1COc1ccc(OC)cc1)C1CC1. The second kappa shape index (κ2) is 10.7. The Bertz CT molecular complexity index is 883. The zero-order valence-corrected chi connectivity index (χ0v) is 19.6. The highest BCUT2D eigenvalue weighted by atomic mass is 32.1. The van der Waals surface area contributed by atoms with Gasteiger partial charge in [0.1, 0.15) is 18.1 Å². The number of benzene rings is 1. The van der Waals surface area contributed by atoms with Crippen LogP contribution in [0.5, 0.6) is 11.5 Å². The molecule has 1 fully saturated rings. The number of hydrogen-bond acceptors (Lipinski definition) is 7. The van der Waals surface area contributed by atoms with Crippen LogP contribution in [0, 0.1) is 0 Å². The Hall–Kier alpha value is -2.13. The molecule has 7 nitrogen and oxygen atoms in total. The van der Waals surface area contributed by atoms with Crippen LogP contribution in [0.4, 0.5) is 0 Å². The first-order valence-corrected chi connectivity index (χ1v) is 12.0. The molecule has 32 heavy (non-hydrogen) atoms. The quantitative estimate of drug-likeness (QED) is 0.556. The van der Waals surface area contributed by atoms with E-state index >= 15 is 0 Å². The van der Waals surface area contributed by atoms with Crippen molar-refractivity contribution in [3.8, 4) is 11.5 Å². The number of methoxy groups -OCH3 is 2. The smallest absolute Gasteiger partial charge is 0.237 e. The average molecular weight is 461 g/mol. The first-order valence-electron chi connectivity index (χ1n) is 11.1. The number of aliphatic hydroxyl groups is 1. The summed E-state index contributed by atoms with van der Waals surface area (Å²) in [6.07, 6.45) is 2.43. The van der Waals surface area contributed by atoms with Crippen molar-refractivity contribution in [3.63, 3.8) is 0 Å². The van der Waals surface area contributed by atoms with E-state index in [2.05, 4.69) is 16.3 Å². The number of fused-ring (bicyclic) bond motifs is 1. The van der Waals surface area contributed by atoms with E-state index in [1.807, 2.05) is 29.2 Å². The molecule has 1 saturated carbocycles. The van der Waals surface area contributed by atoms with Crippen molar-refractivity contribution in [2.24, 2.45) is 0 Å². The summed E-state index contributed by atoms with van der Waals surface area (Å²) in [7, 11) is 3.22. The molecular weight excluding hydrogens is 428 g/mol. The maximum atomic E-state index is 13.4. The molecule has 0 radical (unpaired) electrons. The van der Waals surface area contributed by atoms with Gasteiger partial charge in [-0.15, -0.1) is 11.3 Å². The third kappa shape index (κ3) is 5.61. The first-order chi connectivity index (χ1) is 15.6. The lowest BCUT2D eigenvalue weighted by Crippen LogP contribution is -2.48. The van der Waals surface area contributed by atoms with E-state index in [0.717, 1.165) is 30.8 Å². The fourth-order valence-corrected chi connectivity index (χ4v) is 5.21. The monoisotopic (exact) mass is 460 g/mol. The summed E-state index contributed by atoms with van der Waals surface area (Å²) in [6, 6.07) is 9.87. The Morgan fingerprint density at radius 1 is 1.22 bits per heavy atom. The van der Waals surface area contributed by atoms with Crippen LogP contribution >= 0.6 is 11.3 Å². The van der Waals surface area contributed by atoms with Crippen LogP contribution in [0.1, 0.15) is 29.3 Å². The maximum absolute atomic E-state index is 13.4. The lowest BCUT2D eigenvalue weighted by Gasteiger charge is -2.37. The number of carbonyl (C=O) groups is 1.